The number of aryl methyl sites for hydroxylation is 1. The number of fused-ring (bicyclic) bond motifs is 1. The molecule has 3 heterocycles. The lowest BCUT2D eigenvalue weighted by molar-refractivity contribution is 0.0129. The lowest BCUT2D eigenvalue weighted by Crippen LogP contribution is -2.52. The van der Waals surface area contributed by atoms with Gasteiger partial charge in [0, 0.05) is 44.0 Å². The zero-order valence-corrected chi connectivity index (χ0v) is 14.8. The molecule has 2 aliphatic rings. The van der Waals surface area contributed by atoms with Crippen LogP contribution in [-0.2, 0) is 10.0 Å². The Morgan fingerprint density at radius 3 is 2.83 bits per heavy atom. The quantitative estimate of drug-likeness (QED) is 0.833. The fraction of sp³-hybridized carbons (Fsp3) is 0.625. The number of carbonyl (C=O) groups is 1. The lowest BCUT2D eigenvalue weighted by Gasteiger charge is -2.43. The first kappa shape index (κ1) is 17.3. The average molecular weight is 353 g/mol. The maximum Gasteiger partial charge on any atom is 0.255 e. The van der Waals surface area contributed by atoms with Gasteiger partial charge in [-0.05, 0) is 30.9 Å². The number of piperidine rings is 1. The second-order valence-corrected chi connectivity index (χ2v) is 8.96. The number of carbonyl (C=O) groups excluding carboxylic acids is 1. The number of aliphatic hydroxyl groups is 1. The molecule has 2 saturated heterocycles. The molecular weight excluding hydrogens is 330 g/mol. The van der Waals surface area contributed by atoms with Crippen molar-refractivity contribution < 1.29 is 18.3 Å². The van der Waals surface area contributed by atoms with E-state index in [1.165, 1.54) is 10.6 Å². The van der Waals surface area contributed by atoms with Crippen molar-refractivity contribution in [3.63, 3.8) is 0 Å². The molecule has 3 rings (SSSR count). The zero-order chi connectivity index (χ0) is 17.5. The Kier molecular flexibility index (Phi) is 4.39. The van der Waals surface area contributed by atoms with Crippen LogP contribution in [0.1, 0.15) is 22.3 Å². The van der Waals surface area contributed by atoms with Crippen LogP contribution in [0.5, 0.6) is 0 Å². The maximum atomic E-state index is 12.8. The van der Waals surface area contributed by atoms with Gasteiger partial charge in [0.1, 0.15) is 0 Å². The number of hydrogen-bond donors (Lipinski definition) is 1. The van der Waals surface area contributed by atoms with E-state index in [1.807, 2.05) is 6.92 Å². The van der Waals surface area contributed by atoms with E-state index in [2.05, 4.69) is 4.98 Å². The summed E-state index contributed by atoms with van der Waals surface area (Å²) in [5, 5.41) is 9.99. The SMILES string of the molecule is Cc1ccncc1C(=O)N1CCC2CN(S(C)(=O)=O)CC2(CO)C1. The molecule has 24 heavy (non-hydrogen) atoms. The molecule has 1 amide bonds. The standard InChI is InChI=1S/C16H23N3O4S/c1-12-3-5-17-7-14(12)15(21)18-6-4-13-8-19(24(2,22)23)10-16(13,9-18)11-20/h3,5,7,13,20H,4,6,8-11H2,1-2H3. The highest BCUT2D eigenvalue weighted by Crippen LogP contribution is 2.43. The van der Waals surface area contributed by atoms with E-state index in [0.717, 1.165) is 5.56 Å². The van der Waals surface area contributed by atoms with Crippen molar-refractivity contribution in [2.75, 3.05) is 39.0 Å². The number of aromatic nitrogens is 1. The van der Waals surface area contributed by atoms with Crippen molar-refractivity contribution in [2.45, 2.75) is 13.3 Å². The lowest BCUT2D eigenvalue weighted by atomic mass is 9.74. The summed E-state index contributed by atoms with van der Waals surface area (Å²) in [6.45, 7) is 3.37. The van der Waals surface area contributed by atoms with Crippen LogP contribution in [0.4, 0.5) is 0 Å². The molecule has 0 spiro atoms. The highest BCUT2D eigenvalue weighted by atomic mass is 32.2. The van der Waals surface area contributed by atoms with Gasteiger partial charge in [-0.15, -0.1) is 0 Å². The number of sulfonamides is 1. The van der Waals surface area contributed by atoms with E-state index in [4.69, 9.17) is 0 Å². The molecule has 0 radical (unpaired) electrons. The van der Waals surface area contributed by atoms with E-state index >= 15 is 0 Å². The normalized spacial score (nSPS) is 28.0. The van der Waals surface area contributed by atoms with Crippen LogP contribution in [0.2, 0.25) is 0 Å². The number of hydrogen-bond acceptors (Lipinski definition) is 5. The van der Waals surface area contributed by atoms with E-state index in [0.29, 0.717) is 31.6 Å². The average Bonchev–Trinajstić information content (AvgIpc) is 2.94. The Morgan fingerprint density at radius 1 is 1.46 bits per heavy atom. The van der Waals surface area contributed by atoms with E-state index in [9.17, 15) is 18.3 Å². The second kappa shape index (κ2) is 6.09. The number of nitrogens with zero attached hydrogens (tertiary/aromatic N) is 3. The molecule has 1 aromatic heterocycles. The third-order valence-electron chi connectivity index (χ3n) is 5.38. The van der Waals surface area contributed by atoms with Crippen molar-refractivity contribution in [1.29, 1.82) is 0 Å². The third kappa shape index (κ3) is 2.94. The molecule has 2 atom stereocenters. The van der Waals surface area contributed by atoms with Crippen molar-refractivity contribution in [3.05, 3.63) is 29.6 Å². The van der Waals surface area contributed by atoms with Crippen molar-refractivity contribution in [1.82, 2.24) is 14.2 Å². The first-order valence-electron chi connectivity index (χ1n) is 8.03. The van der Waals surface area contributed by atoms with Crippen LogP contribution in [0.3, 0.4) is 0 Å². The first-order valence-corrected chi connectivity index (χ1v) is 9.87. The van der Waals surface area contributed by atoms with Gasteiger partial charge in [0.2, 0.25) is 10.0 Å². The Balaban J connectivity index is 1.84. The summed E-state index contributed by atoms with van der Waals surface area (Å²) in [7, 11) is -3.30. The maximum absolute atomic E-state index is 12.8. The highest BCUT2D eigenvalue weighted by molar-refractivity contribution is 7.88. The van der Waals surface area contributed by atoms with Gasteiger partial charge in [0.25, 0.3) is 5.91 Å². The van der Waals surface area contributed by atoms with Gasteiger partial charge >= 0.3 is 0 Å². The molecule has 2 aliphatic heterocycles. The highest BCUT2D eigenvalue weighted by Gasteiger charge is 2.52. The van der Waals surface area contributed by atoms with Crippen LogP contribution in [0.25, 0.3) is 0 Å². The fourth-order valence-corrected chi connectivity index (χ4v) is 4.79. The molecular formula is C16H23N3O4S. The summed E-state index contributed by atoms with van der Waals surface area (Å²) >= 11 is 0. The van der Waals surface area contributed by atoms with Gasteiger partial charge in [-0.3, -0.25) is 9.78 Å². The van der Waals surface area contributed by atoms with Crippen LogP contribution < -0.4 is 0 Å². The molecule has 1 N–H and O–H groups in total. The van der Waals surface area contributed by atoms with Crippen molar-refractivity contribution >= 4 is 15.9 Å². The Bertz CT molecular complexity index is 751. The van der Waals surface area contributed by atoms with Gasteiger partial charge in [-0.1, -0.05) is 0 Å². The van der Waals surface area contributed by atoms with Crippen LogP contribution >= 0.6 is 0 Å². The Labute approximate surface area is 142 Å². The molecule has 0 saturated carbocycles. The minimum Gasteiger partial charge on any atom is -0.396 e. The summed E-state index contributed by atoms with van der Waals surface area (Å²) in [5.41, 5.74) is 0.842. The summed E-state index contributed by atoms with van der Waals surface area (Å²) in [5.74, 6) is -0.0269. The van der Waals surface area contributed by atoms with Crippen molar-refractivity contribution in [2.24, 2.45) is 11.3 Å². The minimum atomic E-state index is -3.30. The number of likely N-dealkylation sites (tertiary alicyclic amines) is 1. The van der Waals surface area contributed by atoms with Gasteiger partial charge in [0.15, 0.2) is 0 Å². The summed E-state index contributed by atoms with van der Waals surface area (Å²) in [6.07, 6.45) is 5.09. The van der Waals surface area contributed by atoms with Gasteiger partial charge in [0.05, 0.1) is 18.4 Å². The summed E-state index contributed by atoms with van der Waals surface area (Å²) in [6, 6.07) is 1.79. The van der Waals surface area contributed by atoms with Crippen LogP contribution in [0.15, 0.2) is 18.5 Å². The molecule has 132 valence electrons. The molecule has 0 aromatic carbocycles. The van der Waals surface area contributed by atoms with Crippen LogP contribution in [0, 0.1) is 18.3 Å². The number of aliphatic hydroxyl groups excluding tert-OH is 1. The van der Waals surface area contributed by atoms with E-state index in [1.54, 1.807) is 23.4 Å². The number of amides is 1. The molecule has 2 unspecified atom stereocenters. The van der Waals surface area contributed by atoms with Crippen molar-refractivity contribution in [3.8, 4) is 0 Å². The monoisotopic (exact) mass is 353 g/mol. The van der Waals surface area contributed by atoms with Gasteiger partial charge < -0.3 is 10.0 Å². The Hall–Kier alpha value is -1.51. The first-order chi connectivity index (χ1) is 11.3. The topological polar surface area (TPSA) is 90.8 Å². The van der Waals surface area contributed by atoms with Crippen LogP contribution in [-0.4, -0.2) is 72.7 Å². The van der Waals surface area contributed by atoms with E-state index in [-0.39, 0.29) is 25.0 Å². The smallest absolute Gasteiger partial charge is 0.255 e. The van der Waals surface area contributed by atoms with Gasteiger partial charge in [-0.2, -0.15) is 0 Å². The fourth-order valence-electron chi connectivity index (χ4n) is 3.85. The molecule has 0 bridgehead atoms. The molecule has 1 aromatic rings. The molecule has 7 nitrogen and oxygen atoms in total. The largest absolute Gasteiger partial charge is 0.396 e. The number of pyridine rings is 1. The minimum absolute atomic E-state index is 0.0799. The number of rotatable bonds is 3. The predicted molar refractivity (Wildman–Crippen MR) is 88.9 cm³/mol. The molecule has 8 heteroatoms. The molecule has 0 aliphatic carbocycles. The summed E-state index contributed by atoms with van der Waals surface area (Å²) in [4.78, 5) is 18.6. The molecule has 2 fully saturated rings. The second-order valence-electron chi connectivity index (χ2n) is 6.98. The predicted octanol–water partition coefficient (Wildman–Crippen LogP) is 0.106. The third-order valence-corrected chi connectivity index (χ3v) is 6.59. The zero-order valence-electron chi connectivity index (χ0n) is 14.0. The van der Waals surface area contributed by atoms with E-state index < -0.39 is 15.4 Å². The van der Waals surface area contributed by atoms with Gasteiger partial charge in [-0.25, -0.2) is 12.7 Å². The summed E-state index contributed by atoms with van der Waals surface area (Å²) < 4.78 is 25.2. The Morgan fingerprint density at radius 2 is 2.21 bits per heavy atom.